The maximum Gasteiger partial charge on any atom is 0.250 e. The lowest BCUT2D eigenvalue weighted by Gasteiger charge is -2.05. The van der Waals surface area contributed by atoms with E-state index in [9.17, 15) is 4.79 Å². The van der Waals surface area contributed by atoms with Gasteiger partial charge in [0, 0.05) is 19.2 Å². The highest BCUT2D eigenvalue weighted by Gasteiger charge is 2.02. The number of oxime groups is 1. The first-order chi connectivity index (χ1) is 8.15. The van der Waals surface area contributed by atoms with E-state index in [1.165, 1.54) is 7.11 Å². The topological polar surface area (TPSA) is 96.9 Å². The smallest absolute Gasteiger partial charge is 0.250 e. The van der Waals surface area contributed by atoms with Gasteiger partial charge in [-0.05, 0) is 17.7 Å². The molecule has 0 aliphatic carbocycles. The van der Waals surface area contributed by atoms with Crippen LogP contribution < -0.4 is 11.1 Å². The Kier molecular flexibility index (Phi) is 4.96. The van der Waals surface area contributed by atoms with Gasteiger partial charge in [0.2, 0.25) is 5.91 Å². The molecule has 0 spiro atoms. The van der Waals surface area contributed by atoms with Crippen LogP contribution in [0.5, 0.6) is 0 Å². The van der Waals surface area contributed by atoms with Gasteiger partial charge in [0.25, 0.3) is 0 Å². The van der Waals surface area contributed by atoms with Crippen LogP contribution in [0.1, 0.15) is 5.56 Å². The zero-order chi connectivity index (χ0) is 12.7. The van der Waals surface area contributed by atoms with Crippen LogP contribution >= 0.6 is 0 Å². The Hall–Kier alpha value is -2.08. The summed E-state index contributed by atoms with van der Waals surface area (Å²) in [6, 6.07) is 7.07. The number of hydrogen-bond acceptors (Lipinski definition) is 4. The molecule has 0 radical (unpaired) electrons. The van der Waals surface area contributed by atoms with Gasteiger partial charge in [0.15, 0.2) is 0 Å². The molecule has 1 aromatic carbocycles. The lowest BCUT2D eigenvalue weighted by atomic mass is 10.1. The van der Waals surface area contributed by atoms with E-state index >= 15 is 0 Å². The second-order valence-corrected chi connectivity index (χ2v) is 3.45. The fourth-order valence-electron chi connectivity index (χ4n) is 1.28. The third kappa shape index (κ3) is 4.52. The molecule has 6 heteroatoms. The van der Waals surface area contributed by atoms with Gasteiger partial charge in [-0.25, -0.2) is 0 Å². The van der Waals surface area contributed by atoms with E-state index < -0.39 is 0 Å². The molecule has 0 atom stereocenters. The monoisotopic (exact) mass is 237 g/mol. The first-order valence-corrected chi connectivity index (χ1v) is 5.00. The Bertz CT molecular complexity index is 401. The predicted molar refractivity (Wildman–Crippen MR) is 64.1 cm³/mol. The highest BCUT2D eigenvalue weighted by atomic mass is 16.5. The molecular formula is C11H15N3O3. The summed E-state index contributed by atoms with van der Waals surface area (Å²) in [6.07, 6.45) is 0.364. The number of nitrogens with one attached hydrogen (secondary N) is 1. The number of anilines is 1. The lowest BCUT2D eigenvalue weighted by molar-refractivity contribution is -0.119. The van der Waals surface area contributed by atoms with Crippen LogP contribution in [0.2, 0.25) is 0 Å². The van der Waals surface area contributed by atoms with Gasteiger partial charge < -0.3 is 21.0 Å². The molecule has 0 bridgehead atoms. The van der Waals surface area contributed by atoms with Crippen molar-refractivity contribution in [3.05, 3.63) is 29.8 Å². The van der Waals surface area contributed by atoms with Crippen LogP contribution in [0.15, 0.2) is 29.4 Å². The third-order valence-electron chi connectivity index (χ3n) is 2.03. The van der Waals surface area contributed by atoms with Crippen molar-refractivity contribution in [2.75, 3.05) is 19.0 Å². The number of nitrogens with zero attached hydrogens (tertiary/aromatic N) is 1. The number of benzene rings is 1. The summed E-state index contributed by atoms with van der Waals surface area (Å²) in [5.41, 5.74) is 6.95. The highest BCUT2D eigenvalue weighted by molar-refractivity contribution is 5.91. The van der Waals surface area contributed by atoms with E-state index in [1.807, 2.05) is 0 Å². The molecule has 6 nitrogen and oxygen atoms in total. The molecule has 0 aliphatic heterocycles. The molecule has 0 heterocycles. The standard InChI is InChI=1S/C11H15N3O3/c1-17-7-11(15)13-9-4-2-8(3-5-9)6-10(12)14-16/h2-5,16H,6-7H2,1H3,(H2,12,14)(H,13,15). The summed E-state index contributed by atoms with van der Waals surface area (Å²) in [5, 5.41) is 14.0. The second kappa shape index (κ2) is 6.49. The quantitative estimate of drug-likeness (QED) is 0.302. The van der Waals surface area contributed by atoms with Crippen molar-refractivity contribution in [3.63, 3.8) is 0 Å². The number of carbonyl (C=O) groups is 1. The maximum atomic E-state index is 11.2. The summed E-state index contributed by atoms with van der Waals surface area (Å²) in [6.45, 7) is 0.0197. The number of hydrogen-bond donors (Lipinski definition) is 3. The molecule has 1 rings (SSSR count). The van der Waals surface area contributed by atoms with Crippen LogP contribution in [-0.2, 0) is 16.0 Å². The molecule has 1 aromatic rings. The molecule has 0 saturated heterocycles. The minimum absolute atomic E-state index is 0.0197. The normalized spacial score (nSPS) is 11.2. The lowest BCUT2D eigenvalue weighted by Crippen LogP contribution is -2.17. The van der Waals surface area contributed by atoms with Gasteiger partial charge in [-0.15, -0.1) is 0 Å². The number of rotatable bonds is 5. The van der Waals surface area contributed by atoms with Crippen molar-refractivity contribution in [2.24, 2.45) is 10.9 Å². The Morgan fingerprint density at radius 1 is 1.47 bits per heavy atom. The van der Waals surface area contributed by atoms with E-state index in [2.05, 4.69) is 10.5 Å². The van der Waals surface area contributed by atoms with Crippen LogP contribution in [0, 0.1) is 0 Å². The SMILES string of the molecule is COCC(=O)Nc1ccc(CC(N)=NO)cc1. The Morgan fingerprint density at radius 3 is 2.65 bits per heavy atom. The molecule has 0 saturated carbocycles. The number of methoxy groups -OCH3 is 1. The minimum Gasteiger partial charge on any atom is -0.409 e. The Balaban J connectivity index is 2.59. The molecule has 0 fully saturated rings. The summed E-state index contributed by atoms with van der Waals surface area (Å²) in [7, 11) is 1.46. The summed E-state index contributed by atoms with van der Waals surface area (Å²) in [5.74, 6) is -0.0714. The van der Waals surface area contributed by atoms with Crippen molar-refractivity contribution in [3.8, 4) is 0 Å². The van der Waals surface area contributed by atoms with Crippen molar-refractivity contribution in [1.82, 2.24) is 0 Å². The van der Waals surface area contributed by atoms with Gasteiger partial charge in [0.05, 0.1) is 0 Å². The number of ether oxygens (including phenoxy) is 1. The van der Waals surface area contributed by atoms with E-state index in [1.54, 1.807) is 24.3 Å². The van der Waals surface area contributed by atoms with E-state index in [-0.39, 0.29) is 18.3 Å². The average molecular weight is 237 g/mol. The predicted octanol–water partition coefficient (Wildman–Crippen LogP) is 0.560. The van der Waals surface area contributed by atoms with E-state index in [0.717, 1.165) is 5.56 Å². The van der Waals surface area contributed by atoms with Gasteiger partial charge in [-0.3, -0.25) is 4.79 Å². The number of carbonyl (C=O) groups excluding carboxylic acids is 1. The van der Waals surface area contributed by atoms with Gasteiger partial charge >= 0.3 is 0 Å². The van der Waals surface area contributed by atoms with Crippen LogP contribution in [0.25, 0.3) is 0 Å². The van der Waals surface area contributed by atoms with Crippen molar-refractivity contribution >= 4 is 17.4 Å². The fourth-order valence-corrected chi connectivity index (χ4v) is 1.28. The van der Waals surface area contributed by atoms with Crippen LogP contribution in [-0.4, -0.2) is 30.7 Å². The Labute approximate surface area is 99.1 Å². The number of amidine groups is 1. The summed E-state index contributed by atoms with van der Waals surface area (Å²) < 4.78 is 4.69. The van der Waals surface area contributed by atoms with Gasteiger partial charge in [-0.1, -0.05) is 17.3 Å². The molecule has 4 N–H and O–H groups in total. The van der Waals surface area contributed by atoms with Crippen molar-refractivity contribution < 1.29 is 14.7 Å². The zero-order valence-corrected chi connectivity index (χ0v) is 9.51. The number of amides is 1. The molecule has 17 heavy (non-hydrogen) atoms. The average Bonchev–Trinajstić information content (AvgIpc) is 2.32. The van der Waals surface area contributed by atoms with Crippen LogP contribution in [0.3, 0.4) is 0 Å². The summed E-state index contributed by atoms with van der Waals surface area (Å²) in [4.78, 5) is 11.2. The molecule has 0 unspecified atom stereocenters. The van der Waals surface area contributed by atoms with Gasteiger partial charge in [-0.2, -0.15) is 0 Å². The molecule has 0 aromatic heterocycles. The highest BCUT2D eigenvalue weighted by Crippen LogP contribution is 2.09. The molecule has 0 aliphatic rings. The first kappa shape index (κ1) is 13.0. The fraction of sp³-hybridized carbons (Fsp3) is 0.273. The van der Waals surface area contributed by atoms with E-state index in [4.69, 9.17) is 15.7 Å². The van der Waals surface area contributed by atoms with Crippen molar-refractivity contribution in [2.45, 2.75) is 6.42 Å². The first-order valence-electron chi connectivity index (χ1n) is 5.00. The third-order valence-corrected chi connectivity index (χ3v) is 2.03. The zero-order valence-electron chi connectivity index (χ0n) is 9.51. The van der Waals surface area contributed by atoms with Crippen LogP contribution in [0.4, 0.5) is 5.69 Å². The van der Waals surface area contributed by atoms with Gasteiger partial charge in [0.1, 0.15) is 12.4 Å². The van der Waals surface area contributed by atoms with E-state index in [0.29, 0.717) is 12.1 Å². The summed E-state index contributed by atoms with van der Waals surface area (Å²) >= 11 is 0. The Morgan fingerprint density at radius 2 is 2.12 bits per heavy atom. The number of nitrogens with two attached hydrogens (primary N) is 1. The minimum atomic E-state index is -0.211. The molecule has 1 amide bonds. The second-order valence-electron chi connectivity index (χ2n) is 3.45. The largest absolute Gasteiger partial charge is 0.409 e. The molecular weight excluding hydrogens is 222 g/mol. The maximum absolute atomic E-state index is 11.2. The van der Waals surface area contributed by atoms with Crippen molar-refractivity contribution in [1.29, 1.82) is 0 Å². The molecule has 92 valence electrons.